The summed E-state index contributed by atoms with van der Waals surface area (Å²) in [5, 5.41) is 58.2. The van der Waals surface area contributed by atoms with Gasteiger partial charge in [0, 0.05) is 63.3 Å². The van der Waals surface area contributed by atoms with Gasteiger partial charge in [-0.3, -0.25) is 67.1 Å². The van der Waals surface area contributed by atoms with Gasteiger partial charge in [-0.15, -0.1) is 11.8 Å². The Morgan fingerprint density at radius 1 is 0.514 bits per heavy atom. The van der Waals surface area contributed by atoms with Crippen LogP contribution in [0.5, 0.6) is 5.75 Å². The van der Waals surface area contributed by atoms with Crippen LogP contribution in [0.4, 0.5) is 0 Å². The van der Waals surface area contributed by atoms with E-state index in [1.807, 2.05) is 0 Å². The molecular formula is C73H94N16O17S. The minimum atomic E-state index is -1.84. The van der Waals surface area contributed by atoms with Gasteiger partial charge < -0.3 is 94.7 Å². The molecule has 7 rings (SSSR count). The number of aromatic nitrogens is 2. The van der Waals surface area contributed by atoms with E-state index < -0.39 is 180 Å². The first-order valence-corrected chi connectivity index (χ1v) is 36.0. The minimum Gasteiger partial charge on any atom is -0.508 e. The van der Waals surface area contributed by atoms with Crippen molar-refractivity contribution in [2.24, 2.45) is 17.4 Å². The number of nitrogens with two attached hydrogens (primary N) is 2. The van der Waals surface area contributed by atoms with Crippen molar-refractivity contribution in [2.45, 2.75) is 164 Å². The molecule has 18 N–H and O–H groups in total. The number of amides is 14. The SMILES string of the molecule is CC(C)C[C@@H]1NC(=O)[C@H]([C@@H](C)O)NC(=O)[C@H](Cc2ccc(O)cc2)NC(=O)CSC[C@@H](C(N)=O)NC(=O)[C@H](Cc2ccccc2)NC(=O)[C@H](Cc2ccccc2)NC(=O)[C@H]([C@@H](C)O)NC(=O)CN(C)C(=O)[C@H](CC(N)=O)NC(=O)[C@H](Cc2cnc[nH]2)NC(=O)[C@H](Cc2ccccc2)NC(=O)[C@@H]2CCCN2C1=O. The first-order valence-electron chi connectivity index (χ1n) is 34.9. The number of primary amides is 2. The van der Waals surface area contributed by atoms with Crippen molar-refractivity contribution in [2.75, 3.05) is 31.6 Å². The number of phenols is 1. The highest BCUT2D eigenvalue weighted by atomic mass is 32.2. The largest absolute Gasteiger partial charge is 0.508 e. The predicted molar refractivity (Wildman–Crippen MR) is 389 cm³/mol. The van der Waals surface area contributed by atoms with Crippen molar-refractivity contribution in [3.63, 3.8) is 0 Å². The molecule has 4 aromatic carbocycles. The maximum absolute atomic E-state index is 14.9. The van der Waals surface area contributed by atoms with E-state index in [0.717, 1.165) is 30.6 Å². The normalized spacial score (nSPS) is 24.5. The predicted octanol–water partition coefficient (Wildman–Crippen LogP) is -3.16. The van der Waals surface area contributed by atoms with Gasteiger partial charge in [-0.1, -0.05) is 117 Å². The molecule has 2 aliphatic rings. The molecule has 0 spiro atoms. The van der Waals surface area contributed by atoms with E-state index in [0.29, 0.717) is 22.3 Å². The standard InChI is InChI=1S/C73H94N16O17S/c1-40(2)28-54-73(106)89-27-15-22-57(89)69(102)81-51(30-44-18-11-7-12-19-44)64(97)80-53(33-47-35-76-39-77-47)67(100)83-55(34-58(74)93)72(105)88(5)36-59(94)86-61(41(3)90)70(103)82-52(31-45-20-13-8-14-21-45)65(98)79-50(29-43-16-9-6-10-17-43)66(99)85-56(63(75)96)37-107-38-60(95)78-49(32-46-23-25-48(92)26-24-46)68(101)87-62(42(4)91)71(104)84-54/h6-14,16-21,23-26,35,39-42,49-57,61-62,90-92H,15,22,27-34,36-38H2,1-5H3,(H2,74,93)(H2,75,96)(H,76,77)(H,78,95)(H,79,98)(H,80,97)(H,81,102)(H,82,103)(H,83,100)(H,84,104)(H,85,99)(H,86,94)(H,87,101)/t41-,42-,49+,50+,51+,52+,53+,54+,55+,56+,57+,61+,62+/m1/s1. The number of carbonyl (C=O) groups is 14. The van der Waals surface area contributed by atoms with Crippen LogP contribution in [-0.2, 0) is 99.2 Å². The number of fused-ring (bicyclic) bond motifs is 1. The maximum atomic E-state index is 14.9. The number of aliphatic hydroxyl groups is 2. The molecule has 14 amide bonds. The fourth-order valence-corrected chi connectivity index (χ4v) is 13.0. The molecule has 13 atom stereocenters. The van der Waals surface area contributed by atoms with Crippen LogP contribution >= 0.6 is 11.8 Å². The molecule has 3 heterocycles. The lowest BCUT2D eigenvalue weighted by Crippen LogP contribution is -2.61. The molecule has 0 bridgehead atoms. The second kappa shape index (κ2) is 40.3. The van der Waals surface area contributed by atoms with E-state index in [1.165, 1.54) is 48.6 Å². The highest BCUT2D eigenvalue weighted by Crippen LogP contribution is 2.23. The highest BCUT2D eigenvalue weighted by molar-refractivity contribution is 8.00. The molecule has 2 saturated heterocycles. The molecular weight excluding hydrogens is 1400 g/mol. The second-order valence-corrected chi connectivity index (χ2v) is 27.9. The van der Waals surface area contributed by atoms with Gasteiger partial charge in [0.15, 0.2) is 0 Å². The van der Waals surface area contributed by atoms with Gasteiger partial charge in [-0.2, -0.15) is 0 Å². The van der Waals surface area contributed by atoms with Gasteiger partial charge >= 0.3 is 0 Å². The Morgan fingerprint density at radius 3 is 1.43 bits per heavy atom. The Morgan fingerprint density at radius 2 is 0.953 bits per heavy atom. The molecule has 0 unspecified atom stereocenters. The summed E-state index contributed by atoms with van der Waals surface area (Å²) >= 11 is 0.806. The molecule has 0 aliphatic carbocycles. The minimum absolute atomic E-state index is 0.00405. The summed E-state index contributed by atoms with van der Waals surface area (Å²) in [6.45, 7) is 5.01. The van der Waals surface area contributed by atoms with Gasteiger partial charge in [0.25, 0.3) is 0 Å². The second-order valence-electron chi connectivity index (χ2n) is 26.9. The first-order chi connectivity index (χ1) is 50.9. The number of thioether (sulfide) groups is 1. The number of phenolic OH excluding ortho intramolecular Hbond substituents is 1. The summed E-state index contributed by atoms with van der Waals surface area (Å²) in [7, 11) is 1.12. The van der Waals surface area contributed by atoms with E-state index >= 15 is 0 Å². The van der Waals surface area contributed by atoms with Crippen molar-refractivity contribution in [1.82, 2.24) is 72.9 Å². The maximum Gasteiger partial charge on any atom is 0.245 e. The number of nitrogens with zero attached hydrogens (tertiary/aromatic N) is 3. The first kappa shape index (κ1) is 83.0. The van der Waals surface area contributed by atoms with Gasteiger partial charge in [0.2, 0.25) is 82.7 Å². The number of carbonyl (C=O) groups excluding carboxylic acids is 14. The van der Waals surface area contributed by atoms with Crippen molar-refractivity contribution < 1.29 is 82.4 Å². The number of nitrogens with one attached hydrogen (secondary N) is 11. The summed E-state index contributed by atoms with van der Waals surface area (Å²) in [6, 6.07) is 13.4. The summed E-state index contributed by atoms with van der Waals surface area (Å²) in [5.41, 5.74) is 13.7. The number of aliphatic hydroxyl groups excluding tert-OH is 2. The molecule has 2 fully saturated rings. The summed E-state index contributed by atoms with van der Waals surface area (Å²) in [5.74, 6) is -14.9. The number of rotatable bonds is 17. The zero-order valence-electron chi connectivity index (χ0n) is 59.9. The molecule has 0 radical (unpaired) electrons. The van der Waals surface area contributed by atoms with E-state index in [4.69, 9.17) is 11.5 Å². The van der Waals surface area contributed by atoms with Crippen LogP contribution in [0.3, 0.4) is 0 Å². The van der Waals surface area contributed by atoms with Crippen molar-refractivity contribution in [3.8, 4) is 5.75 Å². The molecule has 2 aliphatic heterocycles. The van der Waals surface area contributed by atoms with E-state index in [-0.39, 0.29) is 81.0 Å². The van der Waals surface area contributed by atoms with Gasteiger partial charge in [-0.05, 0) is 73.4 Å². The lowest BCUT2D eigenvalue weighted by Gasteiger charge is -2.32. The quantitative estimate of drug-likeness (QED) is 0.0437. The van der Waals surface area contributed by atoms with Crippen molar-refractivity contribution in [3.05, 3.63) is 156 Å². The molecule has 574 valence electrons. The molecule has 0 saturated carbocycles. The Hall–Kier alpha value is -11.3. The van der Waals surface area contributed by atoms with Crippen LogP contribution in [0.2, 0.25) is 0 Å². The van der Waals surface area contributed by atoms with Gasteiger partial charge in [-0.25, -0.2) is 4.98 Å². The van der Waals surface area contributed by atoms with Crippen molar-refractivity contribution in [1.29, 1.82) is 0 Å². The fraction of sp³-hybridized carbons (Fsp3) is 0.438. The Balaban J connectivity index is 1.25. The molecule has 33 nitrogen and oxygen atoms in total. The number of likely N-dealkylation sites (N-methyl/N-ethyl adjacent to an activating group) is 1. The highest BCUT2D eigenvalue weighted by Gasteiger charge is 2.42. The lowest BCUT2D eigenvalue weighted by atomic mass is 10.0. The van der Waals surface area contributed by atoms with E-state index in [2.05, 4.69) is 63.1 Å². The lowest BCUT2D eigenvalue weighted by molar-refractivity contribution is -0.143. The third-order valence-corrected chi connectivity index (χ3v) is 18.7. The third kappa shape index (κ3) is 25.8. The molecule has 107 heavy (non-hydrogen) atoms. The van der Waals surface area contributed by atoms with Crippen LogP contribution in [0.25, 0.3) is 0 Å². The summed E-state index contributed by atoms with van der Waals surface area (Å²) in [4.78, 5) is 209. The van der Waals surface area contributed by atoms with Crippen LogP contribution in [0.1, 0.15) is 81.3 Å². The number of hydrogen-bond donors (Lipinski definition) is 16. The van der Waals surface area contributed by atoms with E-state index in [9.17, 15) is 82.4 Å². The summed E-state index contributed by atoms with van der Waals surface area (Å²) < 4.78 is 0. The molecule has 34 heteroatoms. The van der Waals surface area contributed by atoms with Gasteiger partial charge in [0.05, 0.1) is 37.3 Å². The van der Waals surface area contributed by atoms with Crippen LogP contribution in [0.15, 0.2) is 128 Å². The number of H-pyrrole nitrogens is 1. The Labute approximate surface area is 621 Å². The number of hydrogen-bond acceptors (Lipinski definition) is 19. The summed E-state index contributed by atoms with van der Waals surface area (Å²) in [6.07, 6.45) is -2.41. The number of imidazole rings is 1. The van der Waals surface area contributed by atoms with E-state index in [1.54, 1.807) is 105 Å². The van der Waals surface area contributed by atoms with Crippen molar-refractivity contribution >= 4 is 94.5 Å². The molecule has 5 aromatic rings. The molecule has 1 aromatic heterocycles. The van der Waals surface area contributed by atoms with Crippen LogP contribution in [-0.4, -0.2) is 228 Å². The van der Waals surface area contributed by atoms with Crippen LogP contribution in [0, 0.1) is 5.92 Å². The van der Waals surface area contributed by atoms with Crippen LogP contribution < -0.4 is 64.6 Å². The average molecular weight is 1500 g/mol. The third-order valence-electron chi connectivity index (χ3n) is 17.6. The smallest absolute Gasteiger partial charge is 0.245 e. The number of benzene rings is 4. The Kier molecular flexibility index (Phi) is 31.3. The topological polar surface area (TPSA) is 507 Å². The Bertz CT molecular complexity index is 3910. The number of aromatic hydroxyl groups is 1. The van der Waals surface area contributed by atoms with Gasteiger partial charge in [0.1, 0.15) is 72.2 Å². The fourth-order valence-electron chi connectivity index (χ4n) is 12.1. The number of aromatic amines is 1. The zero-order chi connectivity index (χ0) is 78.0. The monoisotopic (exact) mass is 1500 g/mol. The average Bonchev–Trinajstić information content (AvgIpc) is 1.80. The zero-order valence-corrected chi connectivity index (χ0v) is 60.7.